The van der Waals surface area contributed by atoms with Crippen LogP contribution in [0.3, 0.4) is 0 Å². The molecule has 0 bridgehead atoms. The lowest BCUT2D eigenvalue weighted by atomic mass is 10.0. The first-order valence-corrected chi connectivity index (χ1v) is 10.5. The van der Waals surface area contributed by atoms with Crippen molar-refractivity contribution in [2.24, 2.45) is 16.8 Å². The summed E-state index contributed by atoms with van der Waals surface area (Å²) in [6.07, 6.45) is 1.17. The number of likely N-dealkylation sites (tertiary alicyclic amines) is 1. The van der Waals surface area contributed by atoms with Gasteiger partial charge in [0, 0.05) is 71.9 Å². The van der Waals surface area contributed by atoms with E-state index in [9.17, 15) is 0 Å². The summed E-state index contributed by atoms with van der Waals surface area (Å²) in [7, 11) is 5.82. The summed E-state index contributed by atoms with van der Waals surface area (Å²) in [5.41, 5.74) is 0. The number of nitrogens with one attached hydrogen (secondary N) is 1. The van der Waals surface area contributed by atoms with E-state index in [1.807, 2.05) is 7.05 Å². The zero-order valence-electron chi connectivity index (χ0n) is 18.5. The number of guanidine groups is 1. The smallest absolute Gasteiger partial charge is 0.193 e. The van der Waals surface area contributed by atoms with Gasteiger partial charge in [-0.2, -0.15) is 0 Å². The summed E-state index contributed by atoms with van der Waals surface area (Å²) in [4.78, 5) is 12.0. The van der Waals surface area contributed by atoms with Crippen molar-refractivity contribution in [1.82, 2.24) is 20.0 Å². The molecule has 2 rings (SSSR count). The van der Waals surface area contributed by atoms with Crippen molar-refractivity contribution in [3.8, 4) is 0 Å². The van der Waals surface area contributed by atoms with Crippen LogP contribution in [0.15, 0.2) is 4.99 Å². The fraction of sp³-hybridized carbons (Fsp3) is 0.950. The van der Waals surface area contributed by atoms with Gasteiger partial charge in [0.15, 0.2) is 5.96 Å². The summed E-state index contributed by atoms with van der Waals surface area (Å²) in [6, 6.07) is 0.547. The monoisotopic (exact) mass is 511 g/mol. The minimum absolute atomic E-state index is 0. The van der Waals surface area contributed by atoms with Crippen molar-refractivity contribution >= 4 is 29.9 Å². The minimum atomic E-state index is 0. The van der Waals surface area contributed by atoms with Crippen LogP contribution in [-0.2, 0) is 9.47 Å². The lowest BCUT2D eigenvalue weighted by Gasteiger charge is -2.40. The molecule has 2 atom stereocenters. The van der Waals surface area contributed by atoms with Crippen LogP contribution < -0.4 is 5.32 Å². The maximum absolute atomic E-state index is 5.71. The highest BCUT2D eigenvalue weighted by Gasteiger charge is 2.28. The van der Waals surface area contributed by atoms with Crippen molar-refractivity contribution in [2.45, 2.75) is 26.3 Å². The fourth-order valence-electron chi connectivity index (χ4n) is 4.02. The molecule has 166 valence electrons. The van der Waals surface area contributed by atoms with Gasteiger partial charge in [-0.25, -0.2) is 0 Å². The molecule has 28 heavy (non-hydrogen) atoms. The molecule has 2 unspecified atom stereocenters. The molecule has 0 aromatic heterocycles. The van der Waals surface area contributed by atoms with Crippen LogP contribution in [0, 0.1) is 11.8 Å². The number of hydrogen-bond acceptors (Lipinski definition) is 5. The van der Waals surface area contributed by atoms with E-state index in [0.29, 0.717) is 31.1 Å². The Bertz CT molecular complexity index is 444. The Morgan fingerprint density at radius 1 is 1.14 bits per heavy atom. The van der Waals surface area contributed by atoms with Gasteiger partial charge in [0.05, 0.1) is 19.8 Å². The van der Waals surface area contributed by atoms with E-state index in [0.717, 1.165) is 58.4 Å². The number of hydrogen-bond donors (Lipinski definition) is 1. The SMILES string of the molecule is CN=C(NCC(C(C)C)N1CCN(C)CC1)N1CCC(COCCOC)C1.I. The molecule has 1 N–H and O–H groups in total. The lowest BCUT2D eigenvalue weighted by molar-refractivity contribution is 0.0536. The first-order valence-electron chi connectivity index (χ1n) is 10.5. The van der Waals surface area contributed by atoms with Crippen LogP contribution in [0.1, 0.15) is 20.3 Å². The quantitative estimate of drug-likeness (QED) is 0.219. The molecule has 0 amide bonds. The highest BCUT2D eigenvalue weighted by Crippen LogP contribution is 2.17. The Kier molecular flexibility index (Phi) is 12.9. The molecule has 0 aromatic rings. The van der Waals surface area contributed by atoms with Gasteiger partial charge in [0.2, 0.25) is 0 Å². The number of halogens is 1. The third-order valence-electron chi connectivity index (χ3n) is 5.83. The third kappa shape index (κ3) is 8.30. The Balaban J connectivity index is 0.00000392. The van der Waals surface area contributed by atoms with Crippen molar-refractivity contribution in [2.75, 3.05) is 86.8 Å². The second-order valence-corrected chi connectivity index (χ2v) is 8.25. The molecule has 2 fully saturated rings. The zero-order chi connectivity index (χ0) is 19.6. The van der Waals surface area contributed by atoms with E-state index in [2.05, 4.69) is 45.9 Å². The van der Waals surface area contributed by atoms with E-state index in [1.165, 1.54) is 6.42 Å². The van der Waals surface area contributed by atoms with Gasteiger partial charge >= 0.3 is 0 Å². The number of methoxy groups -OCH3 is 1. The fourth-order valence-corrected chi connectivity index (χ4v) is 4.02. The topological polar surface area (TPSA) is 52.6 Å². The van der Waals surface area contributed by atoms with Gasteiger partial charge in [-0.05, 0) is 19.4 Å². The number of rotatable bonds is 9. The Morgan fingerprint density at radius 2 is 1.86 bits per heavy atom. The molecule has 2 heterocycles. The van der Waals surface area contributed by atoms with Crippen molar-refractivity contribution in [1.29, 1.82) is 0 Å². The maximum Gasteiger partial charge on any atom is 0.193 e. The number of nitrogens with zero attached hydrogens (tertiary/aromatic N) is 4. The first kappa shape index (κ1) is 25.9. The summed E-state index contributed by atoms with van der Waals surface area (Å²) in [5.74, 6) is 2.24. The number of piperazine rings is 1. The lowest BCUT2D eigenvalue weighted by Crippen LogP contribution is -2.55. The van der Waals surface area contributed by atoms with E-state index in [4.69, 9.17) is 9.47 Å². The molecule has 7 nitrogen and oxygen atoms in total. The molecule has 2 aliphatic rings. The third-order valence-corrected chi connectivity index (χ3v) is 5.83. The van der Waals surface area contributed by atoms with Gasteiger partial charge < -0.3 is 24.6 Å². The van der Waals surface area contributed by atoms with E-state index >= 15 is 0 Å². The predicted molar refractivity (Wildman–Crippen MR) is 127 cm³/mol. The van der Waals surface area contributed by atoms with Crippen molar-refractivity contribution in [3.05, 3.63) is 0 Å². The Hall–Kier alpha value is -0.160. The molecule has 8 heteroatoms. The van der Waals surface area contributed by atoms with Crippen LogP contribution in [-0.4, -0.2) is 114 Å². The molecule has 0 saturated carbocycles. The predicted octanol–water partition coefficient (Wildman–Crippen LogP) is 1.44. The zero-order valence-corrected chi connectivity index (χ0v) is 20.9. The molecular weight excluding hydrogens is 469 g/mol. The summed E-state index contributed by atoms with van der Waals surface area (Å²) < 4.78 is 10.8. The molecule has 2 aliphatic heterocycles. The van der Waals surface area contributed by atoms with Gasteiger partial charge in [0.25, 0.3) is 0 Å². The highest BCUT2D eigenvalue weighted by atomic mass is 127. The molecule has 0 radical (unpaired) electrons. The number of likely N-dealkylation sites (N-methyl/N-ethyl adjacent to an activating group) is 1. The maximum atomic E-state index is 5.71. The number of ether oxygens (including phenoxy) is 2. The van der Waals surface area contributed by atoms with E-state index in [1.54, 1.807) is 7.11 Å². The molecule has 0 spiro atoms. The van der Waals surface area contributed by atoms with Gasteiger partial charge in [-0.3, -0.25) is 9.89 Å². The second kappa shape index (κ2) is 14.0. The van der Waals surface area contributed by atoms with Gasteiger partial charge in [-0.1, -0.05) is 13.8 Å². The highest BCUT2D eigenvalue weighted by molar-refractivity contribution is 14.0. The van der Waals surface area contributed by atoms with Crippen LogP contribution in [0.5, 0.6) is 0 Å². The number of aliphatic imine (C=N–C) groups is 1. The van der Waals surface area contributed by atoms with E-state index < -0.39 is 0 Å². The Morgan fingerprint density at radius 3 is 2.46 bits per heavy atom. The van der Waals surface area contributed by atoms with Crippen LogP contribution in [0.2, 0.25) is 0 Å². The van der Waals surface area contributed by atoms with Crippen LogP contribution in [0.4, 0.5) is 0 Å². The normalized spacial score (nSPS) is 23.1. The van der Waals surface area contributed by atoms with Crippen LogP contribution in [0.25, 0.3) is 0 Å². The molecular formula is C20H42IN5O2. The van der Waals surface area contributed by atoms with Gasteiger partial charge in [0.1, 0.15) is 0 Å². The van der Waals surface area contributed by atoms with Crippen molar-refractivity contribution in [3.63, 3.8) is 0 Å². The van der Waals surface area contributed by atoms with Gasteiger partial charge in [-0.15, -0.1) is 24.0 Å². The molecule has 0 aromatic carbocycles. The van der Waals surface area contributed by atoms with E-state index in [-0.39, 0.29) is 24.0 Å². The standard InChI is InChI=1S/C20H41N5O2.HI/c1-17(2)19(24-10-8-23(4)9-11-24)14-22-20(21-3)25-7-6-18(15-25)16-27-13-12-26-5;/h17-19H,6-16H2,1-5H3,(H,21,22);1H. The average Bonchev–Trinajstić information content (AvgIpc) is 3.12. The van der Waals surface area contributed by atoms with Crippen LogP contribution >= 0.6 is 24.0 Å². The average molecular weight is 511 g/mol. The summed E-state index contributed by atoms with van der Waals surface area (Å²) >= 11 is 0. The summed E-state index contributed by atoms with van der Waals surface area (Å²) in [5, 5.41) is 3.66. The first-order chi connectivity index (χ1) is 13.0. The largest absolute Gasteiger partial charge is 0.382 e. The Labute approximate surface area is 189 Å². The molecule has 2 saturated heterocycles. The minimum Gasteiger partial charge on any atom is -0.382 e. The van der Waals surface area contributed by atoms with Crippen molar-refractivity contribution < 1.29 is 9.47 Å². The second-order valence-electron chi connectivity index (χ2n) is 8.25. The molecule has 0 aliphatic carbocycles. The summed E-state index contributed by atoms with van der Waals surface area (Å²) in [6.45, 7) is 14.5.